The number of rotatable bonds is 5. The minimum atomic E-state index is -0.261. The molecule has 0 atom stereocenters. The van der Waals surface area contributed by atoms with Crippen LogP contribution in [-0.4, -0.2) is 43.7 Å². The standard InChI is InChI=1S/C20H22N8O/c1-20(2)6-15(7-20)27(3)17-11-23-16-10-24-28(19(16)26-17)12-18(29)25-14-5-4-13(8-21)22-9-14/h4-5,9-11,15H,6-7,12H2,1-3H3,(H,25,29). The van der Waals surface area contributed by atoms with Gasteiger partial charge in [-0.2, -0.15) is 10.4 Å². The van der Waals surface area contributed by atoms with Gasteiger partial charge in [-0.3, -0.25) is 4.79 Å². The highest BCUT2D eigenvalue weighted by molar-refractivity contribution is 5.91. The third-order valence-electron chi connectivity index (χ3n) is 5.27. The van der Waals surface area contributed by atoms with Crippen molar-refractivity contribution in [3.05, 3.63) is 36.4 Å². The third-order valence-corrected chi connectivity index (χ3v) is 5.27. The number of amides is 1. The van der Waals surface area contributed by atoms with Crippen LogP contribution in [0.2, 0.25) is 0 Å². The van der Waals surface area contributed by atoms with Crippen molar-refractivity contribution < 1.29 is 4.79 Å². The maximum Gasteiger partial charge on any atom is 0.246 e. The van der Waals surface area contributed by atoms with Gasteiger partial charge in [0.2, 0.25) is 5.91 Å². The zero-order chi connectivity index (χ0) is 20.6. The van der Waals surface area contributed by atoms with E-state index < -0.39 is 0 Å². The molecule has 0 saturated heterocycles. The number of pyridine rings is 1. The smallest absolute Gasteiger partial charge is 0.246 e. The lowest BCUT2D eigenvalue weighted by molar-refractivity contribution is -0.116. The third kappa shape index (κ3) is 3.87. The number of nitrogens with one attached hydrogen (secondary N) is 1. The fourth-order valence-corrected chi connectivity index (χ4v) is 3.67. The number of fused-ring (bicyclic) bond motifs is 1. The van der Waals surface area contributed by atoms with Crippen LogP contribution in [0.4, 0.5) is 11.5 Å². The predicted octanol–water partition coefficient (Wildman–Crippen LogP) is 2.36. The molecule has 1 N–H and O–H groups in total. The molecule has 0 radical (unpaired) electrons. The highest BCUT2D eigenvalue weighted by atomic mass is 16.2. The second-order valence-corrected chi connectivity index (χ2v) is 8.17. The van der Waals surface area contributed by atoms with Crippen LogP contribution in [0, 0.1) is 16.7 Å². The Balaban J connectivity index is 1.48. The lowest BCUT2D eigenvalue weighted by Crippen LogP contribution is -2.47. The van der Waals surface area contributed by atoms with E-state index >= 15 is 0 Å². The molecular formula is C20H22N8O. The number of nitriles is 1. The minimum absolute atomic E-state index is 0.00179. The van der Waals surface area contributed by atoms with E-state index in [1.807, 2.05) is 13.1 Å². The van der Waals surface area contributed by atoms with Crippen molar-refractivity contribution in [2.75, 3.05) is 17.3 Å². The van der Waals surface area contributed by atoms with Gasteiger partial charge < -0.3 is 10.2 Å². The zero-order valence-electron chi connectivity index (χ0n) is 16.6. The number of nitrogens with zero attached hydrogens (tertiary/aromatic N) is 7. The summed E-state index contributed by atoms with van der Waals surface area (Å²) in [4.78, 5) is 27.7. The quantitative estimate of drug-likeness (QED) is 0.711. The molecule has 9 heteroatoms. The van der Waals surface area contributed by atoms with Gasteiger partial charge in [0.25, 0.3) is 0 Å². The SMILES string of the molecule is CN(c1cnc2cnn(CC(=O)Nc3ccc(C#N)nc3)c2n1)C1CC(C)(C)C1. The fraction of sp³-hybridized carbons (Fsp3) is 0.400. The largest absolute Gasteiger partial charge is 0.355 e. The summed E-state index contributed by atoms with van der Waals surface area (Å²) >= 11 is 0. The monoisotopic (exact) mass is 390 g/mol. The number of hydrogen-bond donors (Lipinski definition) is 1. The number of anilines is 2. The van der Waals surface area contributed by atoms with Crippen molar-refractivity contribution in [1.29, 1.82) is 5.26 Å². The summed E-state index contributed by atoms with van der Waals surface area (Å²) in [5, 5.41) is 15.8. The Labute approximate surface area is 168 Å². The van der Waals surface area contributed by atoms with Crippen LogP contribution in [-0.2, 0) is 11.3 Å². The maximum atomic E-state index is 12.4. The second-order valence-electron chi connectivity index (χ2n) is 8.17. The number of hydrogen-bond acceptors (Lipinski definition) is 7. The highest BCUT2D eigenvalue weighted by Crippen LogP contribution is 2.43. The summed E-state index contributed by atoms with van der Waals surface area (Å²) in [5.41, 5.74) is 2.40. The van der Waals surface area contributed by atoms with Crippen LogP contribution in [0.25, 0.3) is 11.2 Å². The molecule has 0 aromatic carbocycles. The number of carbonyl (C=O) groups is 1. The van der Waals surface area contributed by atoms with E-state index in [2.05, 4.69) is 39.1 Å². The first-order valence-electron chi connectivity index (χ1n) is 9.42. The van der Waals surface area contributed by atoms with Crippen LogP contribution in [0.5, 0.6) is 0 Å². The summed E-state index contributed by atoms with van der Waals surface area (Å²) in [6, 6.07) is 5.57. The Morgan fingerprint density at radius 3 is 2.76 bits per heavy atom. The molecule has 148 valence electrons. The van der Waals surface area contributed by atoms with Crippen LogP contribution >= 0.6 is 0 Å². The summed E-state index contributed by atoms with van der Waals surface area (Å²) in [5.74, 6) is 0.513. The van der Waals surface area contributed by atoms with E-state index in [0.717, 1.165) is 18.7 Å². The molecule has 4 rings (SSSR count). The van der Waals surface area contributed by atoms with E-state index in [9.17, 15) is 4.79 Å². The summed E-state index contributed by atoms with van der Waals surface area (Å²) in [7, 11) is 2.03. The van der Waals surface area contributed by atoms with E-state index in [1.165, 1.54) is 10.9 Å². The van der Waals surface area contributed by atoms with Gasteiger partial charge in [0, 0.05) is 13.1 Å². The molecule has 0 spiro atoms. The lowest BCUT2D eigenvalue weighted by Gasteiger charge is -2.47. The van der Waals surface area contributed by atoms with Gasteiger partial charge in [0.05, 0.1) is 24.3 Å². The molecule has 29 heavy (non-hydrogen) atoms. The lowest BCUT2D eigenvalue weighted by atomic mass is 9.68. The van der Waals surface area contributed by atoms with Crippen LogP contribution in [0.3, 0.4) is 0 Å². The Morgan fingerprint density at radius 1 is 1.31 bits per heavy atom. The maximum absolute atomic E-state index is 12.4. The van der Waals surface area contributed by atoms with Crippen molar-refractivity contribution in [3.8, 4) is 6.07 Å². The highest BCUT2D eigenvalue weighted by Gasteiger charge is 2.38. The Kier molecular flexibility index (Phi) is 4.62. The molecular weight excluding hydrogens is 368 g/mol. The average molecular weight is 390 g/mol. The van der Waals surface area contributed by atoms with E-state index in [0.29, 0.717) is 34.0 Å². The first-order chi connectivity index (χ1) is 13.8. The number of carbonyl (C=O) groups excluding carboxylic acids is 1. The molecule has 0 aliphatic heterocycles. The Morgan fingerprint density at radius 2 is 2.10 bits per heavy atom. The Bertz CT molecular complexity index is 1090. The molecule has 3 aromatic rings. The van der Waals surface area contributed by atoms with Gasteiger partial charge in [0.1, 0.15) is 29.6 Å². The van der Waals surface area contributed by atoms with Crippen molar-refractivity contribution in [1.82, 2.24) is 24.7 Å². The predicted molar refractivity (Wildman–Crippen MR) is 108 cm³/mol. The molecule has 1 amide bonds. The van der Waals surface area contributed by atoms with Crippen LogP contribution < -0.4 is 10.2 Å². The van der Waals surface area contributed by atoms with E-state index in [-0.39, 0.29) is 12.5 Å². The first kappa shape index (κ1) is 18.8. The van der Waals surface area contributed by atoms with Crippen molar-refractivity contribution >= 4 is 28.6 Å². The molecule has 3 heterocycles. The second kappa shape index (κ2) is 7.13. The molecule has 1 saturated carbocycles. The summed E-state index contributed by atoms with van der Waals surface area (Å²) in [6.07, 6.45) is 7.04. The zero-order valence-corrected chi connectivity index (χ0v) is 16.6. The topological polar surface area (TPSA) is 113 Å². The van der Waals surface area contributed by atoms with Crippen LogP contribution in [0.15, 0.2) is 30.7 Å². The average Bonchev–Trinajstić information content (AvgIpc) is 3.08. The van der Waals surface area contributed by atoms with Gasteiger partial charge in [-0.1, -0.05) is 13.8 Å². The summed E-state index contributed by atoms with van der Waals surface area (Å²) < 4.78 is 1.54. The summed E-state index contributed by atoms with van der Waals surface area (Å²) in [6.45, 7) is 4.54. The van der Waals surface area contributed by atoms with Gasteiger partial charge in [0.15, 0.2) is 5.65 Å². The molecule has 0 bridgehead atoms. The molecule has 1 aliphatic rings. The molecule has 9 nitrogen and oxygen atoms in total. The molecule has 1 aliphatic carbocycles. The van der Waals surface area contributed by atoms with Gasteiger partial charge >= 0.3 is 0 Å². The molecule has 1 fully saturated rings. The van der Waals surface area contributed by atoms with E-state index in [4.69, 9.17) is 10.2 Å². The van der Waals surface area contributed by atoms with Crippen molar-refractivity contribution in [2.24, 2.45) is 5.41 Å². The van der Waals surface area contributed by atoms with Crippen molar-refractivity contribution in [2.45, 2.75) is 39.3 Å². The van der Waals surface area contributed by atoms with Gasteiger partial charge in [-0.25, -0.2) is 19.6 Å². The minimum Gasteiger partial charge on any atom is -0.355 e. The Hall–Kier alpha value is -3.54. The normalized spacial score (nSPS) is 15.5. The number of aromatic nitrogens is 5. The van der Waals surface area contributed by atoms with Crippen LogP contribution in [0.1, 0.15) is 32.4 Å². The van der Waals surface area contributed by atoms with Gasteiger partial charge in [-0.15, -0.1) is 0 Å². The fourth-order valence-electron chi connectivity index (χ4n) is 3.67. The molecule has 3 aromatic heterocycles. The molecule has 0 unspecified atom stereocenters. The van der Waals surface area contributed by atoms with Crippen molar-refractivity contribution in [3.63, 3.8) is 0 Å². The first-order valence-corrected chi connectivity index (χ1v) is 9.42. The van der Waals surface area contributed by atoms with Gasteiger partial charge in [-0.05, 0) is 30.4 Å². The van der Waals surface area contributed by atoms with E-state index in [1.54, 1.807) is 24.5 Å².